The smallest absolute Gasteiger partial charge is 0.493 e. The third-order valence-corrected chi connectivity index (χ3v) is 7.21. The van der Waals surface area contributed by atoms with E-state index >= 15 is 0 Å². The largest absolute Gasteiger partial charge is 0.511 e. The highest BCUT2D eigenvalue weighted by Crippen LogP contribution is 2.45. The normalized spacial score (nSPS) is 20.2. The number of fused-ring (bicyclic) bond motifs is 1. The summed E-state index contributed by atoms with van der Waals surface area (Å²) < 4.78 is 11.1. The zero-order chi connectivity index (χ0) is 24.3. The molecule has 3 heterocycles. The summed E-state index contributed by atoms with van der Waals surface area (Å²) >= 11 is 0. The lowest BCUT2D eigenvalue weighted by Crippen LogP contribution is -2.61. The van der Waals surface area contributed by atoms with Crippen LogP contribution >= 0.6 is 0 Å². The van der Waals surface area contributed by atoms with Crippen molar-refractivity contribution in [2.24, 2.45) is 5.92 Å². The molecule has 1 aromatic heterocycles. The Hall–Kier alpha value is -3.13. The van der Waals surface area contributed by atoms with Crippen molar-refractivity contribution in [2.75, 3.05) is 31.6 Å². The van der Waals surface area contributed by atoms with Crippen molar-refractivity contribution in [2.45, 2.75) is 51.6 Å². The van der Waals surface area contributed by atoms with Crippen molar-refractivity contribution >= 4 is 17.7 Å². The van der Waals surface area contributed by atoms with E-state index in [1.165, 1.54) is 0 Å². The molecule has 0 bridgehead atoms. The monoisotopic (exact) mass is 468 g/mol. The molecule has 2 unspecified atom stereocenters. The number of anilines is 1. The second kappa shape index (κ2) is 10.0. The quantitative estimate of drug-likeness (QED) is 0.375. The van der Waals surface area contributed by atoms with Gasteiger partial charge in [0, 0.05) is 50.4 Å². The number of aromatic nitrogens is 1. The molecule has 2 atom stereocenters. The number of piperidine rings is 1. The maximum absolute atomic E-state index is 13.9. The number of nitrogens with zero attached hydrogens (tertiary/aromatic N) is 3. The lowest BCUT2D eigenvalue weighted by molar-refractivity contribution is -0.893. The van der Waals surface area contributed by atoms with Gasteiger partial charge in [-0.1, -0.05) is 13.8 Å². The lowest BCUT2D eigenvalue weighted by atomic mass is 9.89. The first-order chi connectivity index (χ1) is 16.3. The fraction of sp³-hybridized carbons (Fsp3) is 0.500. The highest BCUT2D eigenvalue weighted by Gasteiger charge is 2.49. The number of hydrogen-bond donors (Lipinski definition) is 1. The average Bonchev–Trinajstić information content (AvgIpc) is 2.83. The maximum Gasteiger partial charge on any atom is 0.511 e. The Balaban J connectivity index is 1.66. The molecule has 1 fully saturated rings. The molecule has 1 aromatic carbocycles. The first-order valence-electron chi connectivity index (χ1n) is 12.0. The molecule has 2 aromatic rings. The van der Waals surface area contributed by atoms with Gasteiger partial charge in [-0.3, -0.25) is 9.47 Å². The zero-order valence-electron chi connectivity index (χ0n) is 20.1. The number of quaternary nitrogens is 1. The van der Waals surface area contributed by atoms with E-state index in [2.05, 4.69) is 30.8 Å². The number of hydrogen-bond acceptors (Lipinski definition) is 6. The third-order valence-electron chi connectivity index (χ3n) is 7.21. The van der Waals surface area contributed by atoms with E-state index in [0.717, 1.165) is 37.2 Å². The third kappa shape index (κ3) is 4.87. The van der Waals surface area contributed by atoms with Crippen LogP contribution in [0.1, 0.15) is 51.1 Å². The molecule has 0 aliphatic carbocycles. The van der Waals surface area contributed by atoms with E-state index < -0.39 is 6.16 Å². The summed E-state index contributed by atoms with van der Waals surface area (Å²) in [6, 6.07) is 9.17. The van der Waals surface area contributed by atoms with Gasteiger partial charge in [0.05, 0.1) is 31.7 Å². The Labute approximate surface area is 200 Å². The van der Waals surface area contributed by atoms with Crippen molar-refractivity contribution in [3.8, 4) is 11.5 Å². The highest BCUT2D eigenvalue weighted by atomic mass is 16.7. The minimum absolute atomic E-state index is 0.121. The van der Waals surface area contributed by atoms with E-state index in [1.54, 1.807) is 18.2 Å². The van der Waals surface area contributed by atoms with Gasteiger partial charge >= 0.3 is 12.1 Å². The van der Waals surface area contributed by atoms with Gasteiger partial charge in [-0.25, -0.2) is 9.59 Å². The Kier molecular flexibility index (Phi) is 7.07. The van der Waals surface area contributed by atoms with Crippen LogP contribution in [0.2, 0.25) is 0 Å². The molecule has 1 saturated heterocycles. The van der Waals surface area contributed by atoms with Gasteiger partial charge in [-0.2, -0.15) is 0 Å². The minimum atomic E-state index is -1.36. The summed E-state index contributed by atoms with van der Waals surface area (Å²) in [5, 5.41) is 9.09. The number of rotatable bonds is 6. The van der Waals surface area contributed by atoms with Crippen LogP contribution in [0.25, 0.3) is 0 Å². The molecule has 182 valence electrons. The summed E-state index contributed by atoms with van der Waals surface area (Å²) in [7, 11) is 2.07. The van der Waals surface area contributed by atoms with Gasteiger partial charge in [-0.15, -0.1) is 0 Å². The fourth-order valence-corrected chi connectivity index (χ4v) is 5.47. The van der Waals surface area contributed by atoms with Gasteiger partial charge in [0.2, 0.25) is 0 Å². The molecular formula is C26H34N3O5+. The average molecular weight is 469 g/mol. The Bertz CT molecular complexity index is 1020. The van der Waals surface area contributed by atoms with Crippen LogP contribution in [0.4, 0.5) is 10.5 Å². The van der Waals surface area contributed by atoms with Gasteiger partial charge in [0.1, 0.15) is 17.5 Å². The number of pyridine rings is 1. The maximum atomic E-state index is 13.9. The topological polar surface area (TPSA) is 89.0 Å². The van der Waals surface area contributed by atoms with E-state index in [1.807, 2.05) is 24.5 Å². The first-order valence-corrected chi connectivity index (χ1v) is 12.0. The molecule has 1 N–H and O–H groups in total. The zero-order valence-corrected chi connectivity index (χ0v) is 20.1. The highest BCUT2D eigenvalue weighted by molar-refractivity contribution is 5.70. The van der Waals surface area contributed by atoms with Crippen LogP contribution in [-0.4, -0.2) is 59.4 Å². The molecule has 2 aliphatic heterocycles. The van der Waals surface area contributed by atoms with Gasteiger partial charge < -0.3 is 19.5 Å². The Morgan fingerprint density at radius 2 is 1.88 bits per heavy atom. The minimum Gasteiger partial charge on any atom is -0.493 e. The fourth-order valence-electron chi connectivity index (χ4n) is 5.47. The van der Waals surface area contributed by atoms with Crippen molar-refractivity contribution < 1.29 is 28.7 Å². The standard InChI is InChI=1S/C26H33N3O5/c1-18(2)16-25(30)29(3,20-8-13-28(14-9-20)19-6-11-27-12-7-19)23-10-15-33-24-5-4-21(17-22(23)24)34-26(31)32/h4-7,11-12,17-18,20,23H,8-10,13-16H2,1-3H3/p+1. The number of ether oxygens (including phenoxy) is 2. The predicted molar refractivity (Wildman–Crippen MR) is 128 cm³/mol. The summed E-state index contributed by atoms with van der Waals surface area (Å²) in [5.41, 5.74) is 2.00. The van der Waals surface area contributed by atoms with Gasteiger partial charge in [0.25, 0.3) is 0 Å². The number of carboxylic acid groups (broad SMARTS) is 1. The van der Waals surface area contributed by atoms with Crippen molar-refractivity contribution in [3.05, 3.63) is 48.3 Å². The number of benzene rings is 1. The summed E-state index contributed by atoms with van der Waals surface area (Å²) in [6.45, 7) is 6.41. The molecule has 0 saturated carbocycles. The second-order valence-corrected chi connectivity index (χ2v) is 9.78. The van der Waals surface area contributed by atoms with E-state index in [4.69, 9.17) is 14.6 Å². The van der Waals surface area contributed by atoms with Gasteiger partial charge in [0.15, 0.2) is 0 Å². The van der Waals surface area contributed by atoms with E-state index in [-0.39, 0.29) is 29.7 Å². The number of amides is 1. The predicted octanol–water partition coefficient (Wildman–Crippen LogP) is 4.65. The molecule has 0 spiro atoms. The van der Waals surface area contributed by atoms with Crippen molar-refractivity contribution in [3.63, 3.8) is 0 Å². The van der Waals surface area contributed by atoms with Crippen molar-refractivity contribution in [1.29, 1.82) is 0 Å². The Morgan fingerprint density at radius 1 is 1.18 bits per heavy atom. The summed E-state index contributed by atoms with van der Waals surface area (Å²) in [5.74, 6) is 1.42. The molecule has 2 aliphatic rings. The van der Waals surface area contributed by atoms with E-state index in [9.17, 15) is 9.59 Å². The molecule has 34 heavy (non-hydrogen) atoms. The molecular weight excluding hydrogens is 434 g/mol. The van der Waals surface area contributed by atoms with Crippen molar-refractivity contribution in [1.82, 2.24) is 4.98 Å². The Morgan fingerprint density at radius 3 is 2.53 bits per heavy atom. The molecule has 1 amide bonds. The lowest BCUT2D eigenvalue weighted by Gasteiger charge is -2.49. The number of carbonyl (C=O) groups is 2. The molecule has 4 rings (SSSR count). The van der Waals surface area contributed by atoms with Crippen LogP contribution in [0.5, 0.6) is 11.5 Å². The SMILES string of the molecule is CC(C)CC(=O)[N+](C)(C1CCN(c2ccncc2)CC1)C1CCOc2ccc(OC(=O)O)cc21. The van der Waals surface area contributed by atoms with E-state index in [0.29, 0.717) is 29.7 Å². The summed E-state index contributed by atoms with van der Waals surface area (Å²) in [6.07, 6.45) is 5.23. The molecule has 8 heteroatoms. The van der Waals surface area contributed by atoms with Crippen LogP contribution < -0.4 is 14.4 Å². The number of carbonyl (C=O) groups excluding carboxylic acids is 1. The van der Waals surface area contributed by atoms with Crippen LogP contribution in [0.3, 0.4) is 0 Å². The molecule has 0 radical (unpaired) electrons. The van der Waals surface area contributed by atoms with Crippen LogP contribution in [0.15, 0.2) is 42.7 Å². The van der Waals surface area contributed by atoms with Crippen LogP contribution in [-0.2, 0) is 4.79 Å². The summed E-state index contributed by atoms with van der Waals surface area (Å²) in [4.78, 5) is 31.5. The van der Waals surface area contributed by atoms with Gasteiger partial charge in [-0.05, 0) is 36.2 Å². The van der Waals surface area contributed by atoms with Crippen LogP contribution in [0, 0.1) is 5.92 Å². The second-order valence-electron chi connectivity index (χ2n) is 9.78. The first kappa shape index (κ1) is 24.0. The molecule has 8 nitrogen and oxygen atoms in total.